The van der Waals surface area contributed by atoms with Crippen molar-refractivity contribution in [1.82, 2.24) is 9.78 Å². The minimum absolute atomic E-state index is 0.164. The lowest BCUT2D eigenvalue weighted by atomic mass is 9.72. The Kier molecular flexibility index (Phi) is 3.96. The number of halogens is 1. The molecule has 0 spiro atoms. The molecule has 1 aliphatic carbocycles. The molecule has 2 rings (SSSR count). The van der Waals surface area contributed by atoms with Crippen LogP contribution in [0.2, 0.25) is 0 Å². The Bertz CT molecular complexity index is 521. The van der Waals surface area contributed by atoms with Crippen molar-refractivity contribution in [2.75, 3.05) is 0 Å². The van der Waals surface area contributed by atoms with Gasteiger partial charge in [0.2, 0.25) is 0 Å². The molecule has 0 amide bonds. The Morgan fingerprint density at radius 3 is 2.68 bits per heavy atom. The highest BCUT2D eigenvalue weighted by atomic mass is 35.5. The van der Waals surface area contributed by atoms with Gasteiger partial charge in [0.05, 0.1) is 29.3 Å². The maximum atomic E-state index is 11.2. The Labute approximate surface area is 118 Å². The number of hydrogen-bond acceptors (Lipinski definition) is 3. The zero-order chi connectivity index (χ0) is 14.0. The van der Waals surface area contributed by atoms with Gasteiger partial charge in [0.15, 0.2) is 0 Å². The first-order valence-electron chi connectivity index (χ1n) is 6.68. The summed E-state index contributed by atoms with van der Waals surface area (Å²) in [7, 11) is 0. The van der Waals surface area contributed by atoms with Crippen molar-refractivity contribution in [3.05, 3.63) is 17.5 Å². The summed E-state index contributed by atoms with van der Waals surface area (Å²) in [6, 6.07) is 2.75. The molecule has 19 heavy (non-hydrogen) atoms. The van der Waals surface area contributed by atoms with Gasteiger partial charge in [-0.25, -0.2) is 0 Å². The van der Waals surface area contributed by atoms with E-state index in [1.807, 2.05) is 11.6 Å². The van der Waals surface area contributed by atoms with Crippen molar-refractivity contribution >= 4 is 16.8 Å². The van der Waals surface area contributed by atoms with Crippen LogP contribution < -0.4 is 0 Å². The summed E-state index contributed by atoms with van der Waals surface area (Å²) in [5.41, 5.74) is 1.14. The average Bonchev–Trinajstić information content (AvgIpc) is 2.81. The van der Waals surface area contributed by atoms with E-state index in [9.17, 15) is 10.1 Å². The fourth-order valence-corrected chi connectivity index (χ4v) is 3.11. The molecule has 1 heterocycles. The van der Waals surface area contributed by atoms with Crippen LogP contribution in [0.5, 0.6) is 0 Å². The van der Waals surface area contributed by atoms with Gasteiger partial charge in [0.25, 0.3) is 5.24 Å². The summed E-state index contributed by atoms with van der Waals surface area (Å²) in [6.45, 7) is 3.95. The van der Waals surface area contributed by atoms with Gasteiger partial charge in [-0.3, -0.25) is 9.48 Å². The number of carbonyl (C=O) groups is 1. The van der Waals surface area contributed by atoms with Crippen LogP contribution in [0.3, 0.4) is 0 Å². The Hall–Kier alpha value is -1.34. The highest BCUT2D eigenvalue weighted by Crippen LogP contribution is 2.42. The van der Waals surface area contributed by atoms with Crippen LogP contribution >= 0.6 is 11.6 Å². The Morgan fingerprint density at radius 2 is 2.26 bits per heavy atom. The van der Waals surface area contributed by atoms with Crippen molar-refractivity contribution < 1.29 is 4.79 Å². The molecule has 0 radical (unpaired) electrons. The lowest BCUT2D eigenvalue weighted by Crippen LogP contribution is -2.27. The van der Waals surface area contributed by atoms with Crippen molar-refractivity contribution in [3.8, 4) is 6.07 Å². The standard InChI is InChI=1S/C14H18ClN3O/c1-3-14(9-16)6-4-11(5-7-14)18-10(2)12(8-17-18)13(15)19/h8,11H,3-7H2,1-2H3. The van der Waals surface area contributed by atoms with Gasteiger partial charge >= 0.3 is 0 Å². The van der Waals surface area contributed by atoms with Crippen LogP contribution in [0.25, 0.3) is 0 Å². The molecule has 1 saturated carbocycles. The summed E-state index contributed by atoms with van der Waals surface area (Å²) >= 11 is 5.52. The van der Waals surface area contributed by atoms with Crippen LogP contribution in [0, 0.1) is 23.7 Å². The van der Waals surface area contributed by atoms with Crippen LogP contribution in [-0.2, 0) is 0 Å². The minimum atomic E-state index is -0.459. The summed E-state index contributed by atoms with van der Waals surface area (Å²) in [5, 5.41) is 13.1. The number of carbonyl (C=O) groups excluding carboxylic acids is 1. The monoisotopic (exact) mass is 279 g/mol. The van der Waals surface area contributed by atoms with Gasteiger partial charge in [0.1, 0.15) is 0 Å². The number of hydrogen-bond donors (Lipinski definition) is 0. The molecule has 0 atom stereocenters. The van der Waals surface area contributed by atoms with E-state index in [0.717, 1.165) is 37.8 Å². The van der Waals surface area contributed by atoms with Crippen LogP contribution in [0.1, 0.15) is 61.1 Å². The van der Waals surface area contributed by atoms with Gasteiger partial charge in [-0.15, -0.1) is 0 Å². The molecule has 0 bridgehead atoms. The predicted octanol–water partition coefficient (Wildman–Crippen LogP) is 3.61. The molecule has 0 N–H and O–H groups in total. The second kappa shape index (κ2) is 5.34. The number of aromatic nitrogens is 2. The fourth-order valence-electron chi connectivity index (χ4n) is 2.93. The van der Waals surface area contributed by atoms with Gasteiger partial charge in [-0.05, 0) is 50.6 Å². The zero-order valence-electron chi connectivity index (χ0n) is 11.3. The van der Waals surface area contributed by atoms with Crippen molar-refractivity contribution in [1.29, 1.82) is 5.26 Å². The third-order valence-electron chi connectivity index (χ3n) is 4.43. The highest BCUT2D eigenvalue weighted by molar-refractivity contribution is 6.67. The molecule has 0 aliphatic heterocycles. The fraction of sp³-hybridized carbons (Fsp3) is 0.643. The number of nitrogens with zero attached hydrogens (tertiary/aromatic N) is 3. The van der Waals surface area contributed by atoms with Crippen LogP contribution in [0.4, 0.5) is 0 Å². The van der Waals surface area contributed by atoms with E-state index in [2.05, 4.69) is 18.1 Å². The molecule has 0 saturated heterocycles. The Balaban J connectivity index is 2.15. The molecule has 1 fully saturated rings. The SMILES string of the molecule is CCC1(C#N)CCC(n2ncc(C(=O)Cl)c2C)CC1. The first-order valence-corrected chi connectivity index (χ1v) is 7.06. The summed E-state index contributed by atoms with van der Waals surface area (Å²) in [4.78, 5) is 11.2. The maximum absolute atomic E-state index is 11.2. The van der Waals surface area contributed by atoms with Gasteiger partial charge in [-0.1, -0.05) is 6.92 Å². The van der Waals surface area contributed by atoms with E-state index in [0.29, 0.717) is 5.56 Å². The lowest BCUT2D eigenvalue weighted by molar-refractivity contribution is 0.108. The zero-order valence-corrected chi connectivity index (χ0v) is 12.1. The third-order valence-corrected chi connectivity index (χ3v) is 4.63. The van der Waals surface area contributed by atoms with E-state index >= 15 is 0 Å². The predicted molar refractivity (Wildman–Crippen MR) is 73.0 cm³/mol. The topological polar surface area (TPSA) is 58.7 Å². The first-order chi connectivity index (χ1) is 9.03. The van der Waals surface area contributed by atoms with Crippen LogP contribution in [0.15, 0.2) is 6.20 Å². The minimum Gasteiger partial charge on any atom is -0.275 e. The van der Waals surface area contributed by atoms with E-state index in [1.165, 1.54) is 6.20 Å². The van der Waals surface area contributed by atoms with E-state index in [4.69, 9.17) is 11.6 Å². The second-order valence-corrected chi connectivity index (χ2v) is 5.68. The molecule has 5 heteroatoms. The van der Waals surface area contributed by atoms with Crippen molar-refractivity contribution in [2.45, 2.75) is 52.0 Å². The van der Waals surface area contributed by atoms with Gasteiger partial charge < -0.3 is 0 Å². The van der Waals surface area contributed by atoms with E-state index < -0.39 is 5.24 Å². The number of rotatable bonds is 3. The third kappa shape index (κ3) is 2.52. The maximum Gasteiger partial charge on any atom is 0.255 e. The van der Waals surface area contributed by atoms with Crippen LogP contribution in [-0.4, -0.2) is 15.0 Å². The van der Waals surface area contributed by atoms with E-state index in [1.54, 1.807) is 0 Å². The molecule has 0 unspecified atom stereocenters. The smallest absolute Gasteiger partial charge is 0.255 e. The molecular formula is C14H18ClN3O. The molecule has 1 aliphatic rings. The lowest BCUT2D eigenvalue weighted by Gasteiger charge is -2.34. The Morgan fingerprint density at radius 1 is 1.63 bits per heavy atom. The highest BCUT2D eigenvalue weighted by Gasteiger charge is 2.35. The normalized spacial score (nSPS) is 26.9. The molecular weight excluding hydrogens is 262 g/mol. The van der Waals surface area contributed by atoms with Crippen molar-refractivity contribution in [2.24, 2.45) is 5.41 Å². The van der Waals surface area contributed by atoms with Gasteiger partial charge in [-0.2, -0.15) is 10.4 Å². The van der Waals surface area contributed by atoms with Crippen molar-refractivity contribution in [3.63, 3.8) is 0 Å². The quantitative estimate of drug-likeness (QED) is 0.794. The first kappa shape index (κ1) is 14.1. The molecule has 1 aromatic heterocycles. The second-order valence-electron chi connectivity index (χ2n) is 5.34. The summed E-state index contributed by atoms with van der Waals surface area (Å²) < 4.78 is 1.90. The molecule has 0 aromatic carbocycles. The molecule has 4 nitrogen and oxygen atoms in total. The number of nitriles is 1. The van der Waals surface area contributed by atoms with E-state index in [-0.39, 0.29) is 11.5 Å². The largest absolute Gasteiger partial charge is 0.275 e. The average molecular weight is 280 g/mol. The molecule has 102 valence electrons. The summed E-state index contributed by atoms with van der Waals surface area (Å²) in [6.07, 6.45) is 6.10. The summed E-state index contributed by atoms with van der Waals surface area (Å²) in [5.74, 6) is 0. The van der Waals surface area contributed by atoms with Gasteiger partial charge in [0, 0.05) is 5.69 Å². The molecule has 1 aromatic rings.